The van der Waals surface area contributed by atoms with Crippen molar-refractivity contribution in [2.75, 3.05) is 19.6 Å². The average Bonchev–Trinajstić information content (AvgIpc) is 2.54. The van der Waals surface area contributed by atoms with E-state index < -0.39 is 5.60 Å². The van der Waals surface area contributed by atoms with Crippen molar-refractivity contribution in [2.45, 2.75) is 103 Å². The van der Waals surface area contributed by atoms with E-state index in [1.54, 1.807) is 0 Å². The van der Waals surface area contributed by atoms with Gasteiger partial charge >= 0.3 is 0 Å². The van der Waals surface area contributed by atoms with Crippen LogP contribution in [0.4, 0.5) is 0 Å². The zero-order valence-corrected chi connectivity index (χ0v) is 15.9. The van der Waals surface area contributed by atoms with Crippen LogP contribution in [0.15, 0.2) is 0 Å². The number of rotatable bonds is 9. The Balaban J connectivity index is 1.68. The molecule has 0 aromatic rings. The topological polar surface area (TPSA) is 23.5 Å². The van der Waals surface area contributed by atoms with Gasteiger partial charge in [-0.25, -0.2) is 0 Å². The van der Waals surface area contributed by atoms with Crippen LogP contribution in [-0.2, 0) is 0 Å². The van der Waals surface area contributed by atoms with Gasteiger partial charge in [-0.1, -0.05) is 51.9 Å². The molecule has 1 saturated heterocycles. The molecule has 1 aliphatic carbocycles. The molecule has 0 spiro atoms. The Kier molecular flexibility index (Phi) is 8.40. The molecule has 2 fully saturated rings. The molecule has 23 heavy (non-hydrogen) atoms. The number of likely N-dealkylation sites (tertiary alicyclic amines) is 1. The summed E-state index contributed by atoms with van der Waals surface area (Å²) in [5.74, 6) is 1.61. The van der Waals surface area contributed by atoms with E-state index in [1.807, 2.05) is 0 Å². The number of hydrogen-bond donors (Lipinski definition) is 1. The van der Waals surface area contributed by atoms with Crippen molar-refractivity contribution < 1.29 is 5.11 Å². The minimum Gasteiger partial charge on any atom is -0.390 e. The zero-order valence-electron chi connectivity index (χ0n) is 15.9. The number of hydrogen-bond acceptors (Lipinski definition) is 2. The van der Waals surface area contributed by atoms with E-state index in [4.69, 9.17) is 0 Å². The molecular weight excluding hydrogens is 282 g/mol. The Morgan fingerprint density at radius 1 is 1.00 bits per heavy atom. The lowest BCUT2D eigenvalue weighted by Gasteiger charge is -2.37. The molecule has 0 bridgehead atoms. The molecule has 2 unspecified atom stereocenters. The summed E-state index contributed by atoms with van der Waals surface area (Å²) in [5, 5.41) is 10.9. The van der Waals surface area contributed by atoms with Gasteiger partial charge < -0.3 is 10.0 Å². The molecule has 0 amide bonds. The Morgan fingerprint density at radius 2 is 1.74 bits per heavy atom. The SMILES string of the molecule is CCCCCN1CCCC(CC(C)(O)CCC2CCCCC2)C1. The fourth-order valence-corrected chi connectivity index (χ4v) is 4.82. The van der Waals surface area contributed by atoms with Crippen LogP contribution >= 0.6 is 0 Å². The summed E-state index contributed by atoms with van der Waals surface area (Å²) in [4.78, 5) is 2.65. The van der Waals surface area contributed by atoms with Crippen molar-refractivity contribution in [3.63, 3.8) is 0 Å². The van der Waals surface area contributed by atoms with Gasteiger partial charge in [0.25, 0.3) is 0 Å². The Labute approximate surface area is 145 Å². The first-order valence-corrected chi connectivity index (χ1v) is 10.5. The lowest BCUT2D eigenvalue weighted by Crippen LogP contribution is -2.39. The Bertz CT molecular complexity index is 309. The van der Waals surface area contributed by atoms with E-state index in [9.17, 15) is 5.11 Å². The zero-order chi connectivity index (χ0) is 16.5. The molecule has 0 aromatic carbocycles. The van der Waals surface area contributed by atoms with Crippen molar-refractivity contribution >= 4 is 0 Å². The Morgan fingerprint density at radius 3 is 2.48 bits per heavy atom. The van der Waals surface area contributed by atoms with E-state index in [2.05, 4.69) is 18.7 Å². The van der Waals surface area contributed by atoms with Gasteiger partial charge in [0, 0.05) is 6.54 Å². The maximum Gasteiger partial charge on any atom is 0.0623 e. The average molecular weight is 324 g/mol. The number of aliphatic hydroxyl groups is 1. The first kappa shape index (κ1) is 19.2. The predicted molar refractivity (Wildman–Crippen MR) is 99.7 cm³/mol. The highest BCUT2D eigenvalue weighted by Gasteiger charge is 2.29. The summed E-state index contributed by atoms with van der Waals surface area (Å²) in [5.41, 5.74) is -0.436. The third-order valence-corrected chi connectivity index (χ3v) is 6.23. The summed E-state index contributed by atoms with van der Waals surface area (Å²) >= 11 is 0. The van der Waals surface area contributed by atoms with E-state index in [1.165, 1.54) is 90.3 Å². The molecule has 1 saturated carbocycles. The first-order valence-electron chi connectivity index (χ1n) is 10.5. The normalized spacial score (nSPS) is 27.0. The van der Waals surface area contributed by atoms with Crippen molar-refractivity contribution in [1.82, 2.24) is 4.90 Å². The molecule has 2 nitrogen and oxygen atoms in total. The summed E-state index contributed by atoms with van der Waals surface area (Å²) in [6.45, 7) is 8.16. The molecule has 2 rings (SSSR count). The van der Waals surface area contributed by atoms with E-state index in [-0.39, 0.29) is 0 Å². The monoisotopic (exact) mass is 323 g/mol. The third kappa shape index (κ3) is 7.56. The van der Waals surface area contributed by atoms with Gasteiger partial charge in [-0.15, -0.1) is 0 Å². The highest BCUT2D eigenvalue weighted by Crippen LogP contribution is 2.33. The molecule has 136 valence electrons. The fraction of sp³-hybridized carbons (Fsp3) is 1.00. The van der Waals surface area contributed by atoms with Gasteiger partial charge in [-0.2, -0.15) is 0 Å². The molecule has 1 aliphatic heterocycles. The lowest BCUT2D eigenvalue weighted by atomic mass is 9.79. The van der Waals surface area contributed by atoms with Crippen LogP contribution in [0.25, 0.3) is 0 Å². The molecular formula is C21H41NO. The molecule has 0 radical (unpaired) electrons. The van der Waals surface area contributed by atoms with Crippen molar-refractivity contribution in [1.29, 1.82) is 0 Å². The summed E-state index contributed by atoms with van der Waals surface area (Å²) < 4.78 is 0. The molecule has 2 aliphatic rings. The molecule has 0 aromatic heterocycles. The van der Waals surface area contributed by atoms with Crippen LogP contribution in [0.1, 0.15) is 97.3 Å². The fourth-order valence-electron chi connectivity index (χ4n) is 4.82. The van der Waals surface area contributed by atoms with Gasteiger partial charge in [0.1, 0.15) is 0 Å². The van der Waals surface area contributed by atoms with Gasteiger partial charge in [0.15, 0.2) is 0 Å². The number of unbranched alkanes of at least 4 members (excludes halogenated alkanes) is 2. The van der Waals surface area contributed by atoms with E-state index in [0.29, 0.717) is 5.92 Å². The molecule has 1 N–H and O–H groups in total. The first-order chi connectivity index (χ1) is 11.1. The van der Waals surface area contributed by atoms with Crippen molar-refractivity contribution in [3.05, 3.63) is 0 Å². The highest BCUT2D eigenvalue weighted by molar-refractivity contribution is 4.83. The minimum atomic E-state index is -0.436. The van der Waals surface area contributed by atoms with Crippen LogP contribution in [0.5, 0.6) is 0 Å². The standard InChI is InChI=1S/C21H41NO/c1-3-4-8-15-22-16-9-12-20(18-22)17-21(2,23)14-13-19-10-6-5-7-11-19/h19-20,23H,3-18H2,1-2H3. The second kappa shape index (κ2) is 10.0. The maximum atomic E-state index is 10.9. The minimum absolute atomic E-state index is 0.436. The van der Waals surface area contributed by atoms with Crippen molar-refractivity contribution in [2.24, 2.45) is 11.8 Å². The Hall–Kier alpha value is -0.0800. The molecule has 2 heteroatoms. The smallest absolute Gasteiger partial charge is 0.0623 e. The van der Waals surface area contributed by atoms with Crippen LogP contribution in [0.2, 0.25) is 0 Å². The van der Waals surface area contributed by atoms with Crippen LogP contribution in [0.3, 0.4) is 0 Å². The predicted octanol–water partition coefficient (Wildman–Crippen LogP) is 5.39. The quantitative estimate of drug-likeness (QED) is 0.575. The van der Waals surface area contributed by atoms with Crippen molar-refractivity contribution in [3.8, 4) is 0 Å². The van der Waals surface area contributed by atoms with Gasteiger partial charge in [-0.3, -0.25) is 0 Å². The lowest BCUT2D eigenvalue weighted by molar-refractivity contribution is 0.00479. The van der Waals surface area contributed by atoms with Crippen LogP contribution in [-0.4, -0.2) is 35.2 Å². The maximum absolute atomic E-state index is 10.9. The number of nitrogens with zero attached hydrogens (tertiary/aromatic N) is 1. The summed E-state index contributed by atoms with van der Waals surface area (Å²) in [6.07, 6.45) is 17.0. The summed E-state index contributed by atoms with van der Waals surface area (Å²) in [7, 11) is 0. The van der Waals surface area contributed by atoms with Gasteiger partial charge in [0.2, 0.25) is 0 Å². The molecule has 2 atom stereocenters. The second-order valence-corrected chi connectivity index (χ2v) is 8.76. The highest BCUT2D eigenvalue weighted by atomic mass is 16.3. The second-order valence-electron chi connectivity index (χ2n) is 8.76. The number of piperidine rings is 1. The van der Waals surface area contributed by atoms with Gasteiger partial charge in [0.05, 0.1) is 5.60 Å². The molecule has 1 heterocycles. The van der Waals surface area contributed by atoms with E-state index >= 15 is 0 Å². The third-order valence-electron chi connectivity index (χ3n) is 6.23. The van der Waals surface area contributed by atoms with Gasteiger partial charge in [-0.05, 0) is 70.4 Å². The largest absolute Gasteiger partial charge is 0.390 e. The summed E-state index contributed by atoms with van der Waals surface area (Å²) in [6, 6.07) is 0. The van der Waals surface area contributed by atoms with Crippen LogP contribution in [0, 0.1) is 11.8 Å². The van der Waals surface area contributed by atoms with Crippen LogP contribution < -0.4 is 0 Å². The van der Waals surface area contributed by atoms with E-state index in [0.717, 1.165) is 18.8 Å².